The topological polar surface area (TPSA) is 43.6 Å². The van der Waals surface area contributed by atoms with Crippen LogP contribution in [-0.4, -0.2) is 17.6 Å². The Hall–Kier alpha value is -1.59. The SMILES string of the molecule is CCCCn1c(C)c(C)sc1=NC(=O)c1cc(Cl)ccc1OC. The van der Waals surface area contributed by atoms with Crippen molar-refractivity contribution in [3.8, 4) is 5.75 Å². The number of aryl methyl sites for hydroxylation is 1. The highest BCUT2D eigenvalue weighted by molar-refractivity contribution is 7.09. The van der Waals surface area contributed by atoms with Gasteiger partial charge in [0.05, 0.1) is 12.7 Å². The molecule has 0 N–H and O–H groups in total. The zero-order chi connectivity index (χ0) is 17.0. The summed E-state index contributed by atoms with van der Waals surface area (Å²) in [6.45, 7) is 7.12. The summed E-state index contributed by atoms with van der Waals surface area (Å²) in [5.74, 6) is 0.143. The number of carbonyl (C=O) groups excluding carboxylic acids is 1. The maximum atomic E-state index is 12.6. The number of halogens is 1. The van der Waals surface area contributed by atoms with E-state index in [9.17, 15) is 4.79 Å². The molecule has 0 atom stereocenters. The number of rotatable bonds is 5. The Morgan fingerprint density at radius 1 is 1.39 bits per heavy atom. The number of nitrogens with zero attached hydrogens (tertiary/aromatic N) is 2. The molecule has 0 aliphatic rings. The minimum absolute atomic E-state index is 0.337. The molecule has 0 fully saturated rings. The van der Waals surface area contributed by atoms with Gasteiger partial charge in [-0.15, -0.1) is 11.3 Å². The molecule has 0 aliphatic heterocycles. The van der Waals surface area contributed by atoms with Crippen LogP contribution in [0.4, 0.5) is 0 Å². The molecular formula is C17H21ClN2O2S. The number of carbonyl (C=O) groups is 1. The fraction of sp³-hybridized carbons (Fsp3) is 0.412. The van der Waals surface area contributed by atoms with Crippen LogP contribution >= 0.6 is 22.9 Å². The Morgan fingerprint density at radius 3 is 2.78 bits per heavy atom. The van der Waals surface area contributed by atoms with E-state index in [1.807, 2.05) is 6.92 Å². The molecule has 0 aliphatic carbocycles. The fourth-order valence-electron chi connectivity index (χ4n) is 2.26. The predicted octanol–water partition coefficient (Wildman–Crippen LogP) is 4.37. The molecule has 1 aromatic heterocycles. The number of ether oxygens (including phenoxy) is 1. The Morgan fingerprint density at radius 2 is 2.13 bits per heavy atom. The molecule has 1 heterocycles. The second-order valence-corrected chi connectivity index (χ2v) is 6.91. The monoisotopic (exact) mass is 352 g/mol. The van der Waals surface area contributed by atoms with Gasteiger partial charge in [0.1, 0.15) is 5.75 Å². The number of hydrogen-bond acceptors (Lipinski definition) is 3. The van der Waals surface area contributed by atoms with Crippen molar-refractivity contribution in [3.63, 3.8) is 0 Å². The van der Waals surface area contributed by atoms with Crippen LogP contribution in [0.5, 0.6) is 5.75 Å². The Kier molecular flexibility index (Phi) is 6.02. The van der Waals surface area contributed by atoms with E-state index < -0.39 is 0 Å². The zero-order valence-corrected chi connectivity index (χ0v) is 15.4. The van der Waals surface area contributed by atoms with Crippen molar-refractivity contribution < 1.29 is 9.53 Å². The van der Waals surface area contributed by atoms with Crippen molar-refractivity contribution in [2.24, 2.45) is 4.99 Å². The molecule has 1 aromatic carbocycles. The van der Waals surface area contributed by atoms with Crippen LogP contribution in [0.2, 0.25) is 5.02 Å². The van der Waals surface area contributed by atoms with Gasteiger partial charge in [-0.25, -0.2) is 0 Å². The van der Waals surface area contributed by atoms with Crippen LogP contribution in [0, 0.1) is 13.8 Å². The molecule has 124 valence electrons. The summed E-state index contributed by atoms with van der Waals surface area (Å²) in [6, 6.07) is 4.97. The van der Waals surface area contributed by atoms with Crippen LogP contribution < -0.4 is 9.54 Å². The number of hydrogen-bond donors (Lipinski definition) is 0. The summed E-state index contributed by atoms with van der Waals surface area (Å²) >= 11 is 7.53. The lowest BCUT2D eigenvalue weighted by atomic mass is 10.2. The van der Waals surface area contributed by atoms with Crippen LogP contribution in [0.3, 0.4) is 0 Å². The smallest absolute Gasteiger partial charge is 0.283 e. The lowest BCUT2D eigenvalue weighted by Gasteiger charge is -2.06. The quantitative estimate of drug-likeness (QED) is 0.801. The van der Waals surface area contributed by atoms with Gasteiger partial charge >= 0.3 is 0 Å². The molecule has 0 unspecified atom stereocenters. The zero-order valence-electron chi connectivity index (χ0n) is 13.9. The normalized spacial score (nSPS) is 11.8. The summed E-state index contributed by atoms with van der Waals surface area (Å²) < 4.78 is 7.35. The van der Waals surface area contributed by atoms with Crippen molar-refractivity contribution >= 4 is 28.8 Å². The van der Waals surface area contributed by atoms with Gasteiger partial charge in [-0.3, -0.25) is 4.79 Å². The Balaban J connectivity index is 2.48. The van der Waals surface area contributed by atoms with Crippen molar-refractivity contribution in [3.05, 3.63) is 44.2 Å². The van der Waals surface area contributed by atoms with E-state index >= 15 is 0 Å². The lowest BCUT2D eigenvalue weighted by molar-refractivity contribution is 0.0995. The number of benzene rings is 1. The van der Waals surface area contributed by atoms with Crippen LogP contribution in [-0.2, 0) is 6.54 Å². The number of unbranched alkanes of at least 4 members (excludes halogenated alkanes) is 1. The molecule has 1 amide bonds. The van der Waals surface area contributed by atoms with E-state index in [0.717, 1.165) is 29.9 Å². The van der Waals surface area contributed by atoms with Crippen molar-refractivity contribution in [1.82, 2.24) is 4.57 Å². The van der Waals surface area contributed by atoms with E-state index in [1.54, 1.807) is 18.2 Å². The molecular weight excluding hydrogens is 332 g/mol. The fourth-order valence-corrected chi connectivity index (χ4v) is 3.43. The van der Waals surface area contributed by atoms with E-state index in [0.29, 0.717) is 16.3 Å². The molecule has 0 saturated carbocycles. The van der Waals surface area contributed by atoms with Gasteiger partial charge in [0.2, 0.25) is 0 Å². The molecule has 2 aromatic rings. The summed E-state index contributed by atoms with van der Waals surface area (Å²) in [4.78, 5) is 18.8. The maximum absolute atomic E-state index is 12.6. The second-order valence-electron chi connectivity index (χ2n) is 5.29. The molecule has 2 rings (SSSR count). The van der Waals surface area contributed by atoms with Crippen LogP contribution in [0.25, 0.3) is 0 Å². The van der Waals surface area contributed by atoms with E-state index in [1.165, 1.54) is 23.3 Å². The van der Waals surface area contributed by atoms with E-state index in [4.69, 9.17) is 16.3 Å². The second kappa shape index (κ2) is 7.79. The minimum Gasteiger partial charge on any atom is -0.496 e. The molecule has 6 heteroatoms. The first-order valence-electron chi connectivity index (χ1n) is 7.57. The molecule has 0 spiro atoms. The predicted molar refractivity (Wildman–Crippen MR) is 94.6 cm³/mol. The van der Waals surface area contributed by atoms with Gasteiger partial charge < -0.3 is 9.30 Å². The average molecular weight is 353 g/mol. The third-order valence-corrected chi connectivity index (χ3v) is 5.05. The highest BCUT2D eigenvalue weighted by Crippen LogP contribution is 2.23. The third kappa shape index (κ3) is 4.03. The highest BCUT2D eigenvalue weighted by Gasteiger charge is 2.14. The van der Waals surface area contributed by atoms with Crippen molar-refractivity contribution in [2.45, 2.75) is 40.2 Å². The van der Waals surface area contributed by atoms with Crippen LogP contribution in [0.15, 0.2) is 23.2 Å². The molecule has 0 radical (unpaired) electrons. The molecule has 0 bridgehead atoms. The highest BCUT2D eigenvalue weighted by atomic mass is 35.5. The Bertz CT molecular complexity index is 777. The van der Waals surface area contributed by atoms with Gasteiger partial charge in [0.15, 0.2) is 4.80 Å². The average Bonchev–Trinajstić information content (AvgIpc) is 2.79. The summed E-state index contributed by atoms with van der Waals surface area (Å²) in [6.07, 6.45) is 2.15. The number of methoxy groups -OCH3 is 1. The first-order chi connectivity index (χ1) is 11.0. The van der Waals surface area contributed by atoms with E-state index in [-0.39, 0.29) is 5.91 Å². The van der Waals surface area contributed by atoms with Crippen LogP contribution in [0.1, 0.15) is 40.7 Å². The van der Waals surface area contributed by atoms with Crippen molar-refractivity contribution in [1.29, 1.82) is 0 Å². The molecule has 4 nitrogen and oxygen atoms in total. The summed E-state index contributed by atoms with van der Waals surface area (Å²) in [7, 11) is 1.53. The summed E-state index contributed by atoms with van der Waals surface area (Å²) in [5.41, 5.74) is 1.54. The number of aromatic nitrogens is 1. The van der Waals surface area contributed by atoms with Gasteiger partial charge in [-0.05, 0) is 38.5 Å². The van der Waals surface area contributed by atoms with Gasteiger partial charge in [0.25, 0.3) is 5.91 Å². The molecule has 0 saturated heterocycles. The maximum Gasteiger partial charge on any atom is 0.283 e. The van der Waals surface area contributed by atoms with Gasteiger partial charge in [0, 0.05) is 22.1 Å². The molecule has 23 heavy (non-hydrogen) atoms. The third-order valence-electron chi connectivity index (χ3n) is 3.71. The van der Waals surface area contributed by atoms with Crippen molar-refractivity contribution in [2.75, 3.05) is 7.11 Å². The van der Waals surface area contributed by atoms with E-state index in [2.05, 4.69) is 23.4 Å². The standard InChI is InChI=1S/C17H21ClN2O2S/c1-5-6-9-20-11(2)12(3)23-17(20)19-16(21)14-10-13(18)7-8-15(14)22-4/h7-8,10H,5-6,9H2,1-4H3. The Labute approximate surface area is 145 Å². The largest absolute Gasteiger partial charge is 0.496 e. The summed E-state index contributed by atoms with van der Waals surface area (Å²) in [5, 5.41) is 0.488. The van der Waals surface area contributed by atoms with Gasteiger partial charge in [-0.1, -0.05) is 24.9 Å². The lowest BCUT2D eigenvalue weighted by Crippen LogP contribution is -2.18. The number of thiazole rings is 1. The van der Waals surface area contributed by atoms with Gasteiger partial charge in [-0.2, -0.15) is 4.99 Å². The first kappa shape index (κ1) is 17.8. The first-order valence-corrected chi connectivity index (χ1v) is 8.76. The minimum atomic E-state index is -0.337. The number of amides is 1.